The van der Waals surface area contributed by atoms with Gasteiger partial charge in [0.15, 0.2) is 6.61 Å². The Morgan fingerprint density at radius 1 is 1.08 bits per heavy atom. The molecule has 0 radical (unpaired) electrons. The number of rotatable bonds is 7. The summed E-state index contributed by atoms with van der Waals surface area (Å²) in [6.07, 6.45) is 0. The quantitative estimate of drug-likeness (QED) is 0.744. The van der Waals surface area contributed by atoms with Gasteiger partial charge >= 0.3 is 0 Å². The van der Waals surface area contributed by atoms with E-state index in [2.05, 4.69) is 19.2 Å². The fourth-order valence-corrected chi connectivity index (χ4v) is 2.30. The Kier molecular flexibility index (Phi) is 6.76. The van der Waals surface area contributed by atoms with E-state index in [1.165, 1.54) is 0 Å². The maximum Gasteiger partial charge on any atom is 0.262 e. The van der Waals surface area contributed by atoms with E-state index in [-0.39, 0.29) is 12.5 Å². The Labute approximate surface area is 151 Å². The van der Waals surface area contributed by atoms with Crippen LogP contribution in [0.2, 0.25) is 10.0 Å². The first-order valence-electron chi connectivity index (χ1n) is 7.54. The Morgan fingerprint density at radius 2 is 1.79 bits per heavy atom. The lowest BCUT2D eigenvalue weighted by atomic mass is 10.2. The molecule has 2 aromatic carbocycles. The summed E-state index contributed by atoms with van der Waals surface area (Å²) in [5.41, 5.74) is 0.490. The highest BCUT2D eigenvalue weighted by Crippen LogP contribution is 2.25. The first-order valence-corrected chi connectivity index (χ1v) is 8.30. The van der Waals surface area contributed by atoms with Crippen LogP contribution in [-0.2, 0) is 4.79 Å². The molecular formula is C18H19Cl2NO3. The summed E-state index contributed by atoms with van der Waals surface area (Å²) in [7, 11) is 0. The maximum atomic E-state index is 12.0. The molecule has 0 atom stereocenters. The number of carbonyl (C=O) groups is 1. The van der Waals surface area contributed by atoms with Crippen LogP contribution in [0.5, 0.6) is 11.5 Å². The Balaban J connectivity index is 1.88. The van der Waals surface area contributed by atoms with Crippen molar-refractivity contribution in [2.24, 2.45) is 5.92 Å². The second-order valence-corrected chi connectivity index (χ2v) is 6.48. The van der Waals surface area contributed by atoms with Crippen LogP contribution in [-0.4, -0.2) is 19.1 Å². The zero-order valence-corrected chi connectivity index (χ0v) is 15.0. The average molecular weight is 368 g/mol. The van der Waals surface area contributed by atoms with Crippen LogP contribution in [0.4, 0.5) is 5.69 Å². The molecule has 0 saturated heterocycles. The number of hydrogen-bond acceptors (Lipinski definition) is 3. The van der Waals surface area contributed by atoms with E-state index in [4.69, 9.17) is 32.7 Å². The van der Waals surface area contributed by atoms with E-state index in [0.29, 0.717) is 39.8 Å². The molecule has 0 aliphatic heterocycles. The summed E-state index contributed by atoms with van der Waals surface area (Å²) in [5.74, 6) is 1.40. The van der Waals surface area contributed by atoms with Crippen molar-refractivity contribution in [1.82, 2.24) is 0 Å². The zero-order chi connectivity index (χ0) is 17.5. The van der Waals surface area contributed by atoms with E-state index in [1.54, 1.807) is 30.3 Å². The molecule has 0 bridgehead atoms. The highest BCUT2D eigenvalue weighted by atomic mass is 35.5. The molecule has 6 heteroatoms. The fraction of sp³-hybridized carbons (Fsp3) is 0.278. The van der Waals surface area contributed by atoms with Crippen LogP contribution >= 0.6 is 23.2 Å². The minimum atomic E-state index is -0.312. The zero-order valence-electron chi connectivity index (χ0n) is 13.5. The number of benzene rings is 2. The summed E-state index contributed by atoms with van der Waals surface area (Å²) < 4.78 is 11.1. The van der Waals surface area contributed by atoms with Crippen molar-refractivity contribution in [3.63, 3.8) is 0 Å². The fourth-order valence-electron chi connectivity index (χ4n) is 1.84. The molecule has 2 rings (SSSR count). The molecule has 0 unspecified atom stereocenters. The smallest absolute Gasteiger partial charge is 0.262 e. The van der Waals surface area contributed by atoms with Crippen LogP contribution in [0.1, 0.15) is 13.8 Å². The Morgan fingerprint density at radius 3 is 2.46 bits per heavy atom. The molecule has 0 heterocycles. The van der Waals surface area contributed by atoms with Gasteiger partial charge in [0, 0.05) is 11.1 Å². The number of carbonyl (C=O) groups excluding carboxylic acids is 1. The van der Waals surface area contributed by atoms with Crippen molar-refractivity contribution in [2.45, 2.75) is 13.8 Å². The van der Waals surface area contributed by atoms with Crippen molar-refractivity contribution in [3.05, 3.63) is 52.5 Å². The van der Waals surface area contributed by atoms with Gasteiger partial charge in [0.25, 0.3) is 5.91 Å². The lowest BCUT2D eigenvalue weighted by Gasteiger charge is -2.11. The Hall–Kier alpha value is -1.91. The topological polar surface area (TPSA) is 47.6 Å². The molecular weight excluding hydrogens is 349 g/mol. The third-order valence-electron chi connectivity index (χ3n) is 2.96. The lowest BCUT2D eigenvalue weighted by Crippen LogP contribution is -2.20. The minimum Gasteiger partial charge on any atom is -0.493 e. The van der Waals surface area contributed by atoms with Gasteiger partial charge in [0.2, 0.25) is 0 Å². The van der Waals surface area contributed by atoms with Gasteiger partial charge in [-0.2, -0.15) is 0 Å². The summed E-state index contributed by atoms with van der Waals surface area (Å²) >= 11 is 11.8. The number of halogens is 2. The third kappa shape index (κ3) is 5.95. The molecule has 1 N–H and O–H groups in total. The summed E-state index contributed by atoms with van der Waals surface area (Å²) in [5, 5.41) is 3.56. The monoisotopic (exact) mass is 367 g/mol. The highest BCUT2D eigenvalue weighted by Gasteiger charge is 2.08. The molecule has 0 spiro atoms. The second-order valence-electron chi connectivity index (χ2n) is 5.64. The molecule has 0 saturated carbocycles. The van der Waals surface area contributed by atoms with Crippen molar-refractivity contribution in [3.8, 4) is 11.5 Å². The molecule has 0 aromatic heterocycles. The maximum absolute atomic E-state index is 12.0. The van der Waals surface area contributed by atoms with Gasteiger partial charge in [-0.15, -0.1) is 0 Å². The molecule has 0 aliphatic carbocycles. The Bertz CT molecular complexity index is 704. The average Bonchev–Trinajstić information content (AvgIpc) is 2.54. The first-order chi connectivity index (χ1) is 11.4. The normalized spacial score (nSPS) is 10.5. The highest BCUT2D eigenvalue weighted by molar-refractivity contribution is 6.36. The van der Waals surface area contributed by atoms with E-state index >= 15 is 0 Å². The van der Waals surface area contributed by atoms with Crippen molar-refractivity contribution in [1.29, 1.82) is 0 Å². The van der Waals surface area contributed by atoms with E-state index < -0.39 is 0 Å². The summed E-state index contributed by atoms with van der Waals surface area (Å²) in [4.78, 5) is 12.0. The van der Waals surface area contributed by atoms with Crippen LogP contribution < -0.4 is 14.8 Å². The van der Waals surface area contributed by atoms with Gasteiger partial charge in [0.05, 0.1) is 17.3 Å². The minimum absolute atomic E-state index is 0.132. The number of anilines is 1. The van der Waals surface area contributed by atoms with Gasteiger partial charge in [-0.05, 0) is 36.2 Å². The summed E-state index contributed by atoms with van der Waals surface area (Å²) in [6.45, 7) is 4.64. The lowest BCUT2D eigenvalue weighted by molar-refractivity contribution is -0.118. The van der Waals surface area contributed by atoms with Gasteiger partial charge in [-0.3, -0.25) is 4.79 Å². The van der Waals surface area contributed by atoms with E-state index in [1.807, 2.05) is 12.1 Å². The van der Waals surface area contributed by atoms with Crippen LogP contribution in [0.3, 0.4) is 0 Å². The molecule has 4 nitrogen and oxygen atoms in total. The van der Waals surface area contributed by atoms with Crippen molar-refractivity contribution in [2.75, 3.05) is 18.5 Å². The predicted octanol–water partition coefficient (Wildman–Crippen LogP) is 5.05. The van der Waals surface area contributed by atoms with Crippen LogP contribution in [0.15, 0.2) is 42.5 Å². The van der Waals surface area contributed by atoms with E-state index in [0.717, 1.165) is 0 Å². The largest absolute Gasteiger partial charge is 0.493 e. The molecule has 24 heavy (non-hydrogen) atoms. The number of amides is 1. The van der Waals surface area contributed by atoms with Crippen LogP contribution in [0, 0.1) is 5.92 Å². The second kappa shape index (κ2) is 8.81. The SMILES string of the molecule is CC(C)COc1cccc(OCC(=O)Nc2ccc(Cl)cc2Cl)c1. The standard InChI is InChI=1S/C18H19Cl2NO3/c1-12(2)10-23-14-4-3-5-15(9-14)24-11-18(22)21-17-7-6-13(19)8-16(17)20/h3-9,12H,10-11H2,1-2H3,(H,21,22). The predicted molar refractivity (Wildman–Crippen MR) is 97.4 cm³/mol. The molecule has 0 fully saturated rings. The van der Waals surface area contributed by atoms with Gasteiger partial charge < -0.3 is 14.8 Å². The van der Waals surface area contributed by atoms with Gasteiger partial charge in [-0.25, -0.2) is 0 Å². The number of nitrogens with one attached hydrogen (secondary N) is 1. The molecule has 1 amide bonds. The van der Waals surface area contributed by atoms with Crippen LogP contribution in [0.25, 0.3) is 0 Å². The van der Waals surface area contributed by atoms with Gasteiger partial charge in [0.1, 0.15) is 11.5 Å². The summed E-state index contributed by atoms with van der Waals surface area (Å²) in [6, 6.07) is 12.1. The molecule has 128 valence electrons. The number of ether oxygens (including phenoxy) is 2. The third-order valence-corrected chi connectivity index (χ3v) is 3.51. The van der Waals surface area contributed by atoms with Gasteiger partial charge in [-0.1, -0.05) is 43.1 Å². The molecule has 2 aromatic rings. The van der Waals surface area contributed by atoms with E-state index in [9.17, 15) is 4.79 Å². The van der Waals surface area contributed by atoms with Crippen molar-refractivity contribution >= 4 is 34.8 Å². The number of hydrogen-bond donors (Lipinski definition) is 1. The van der Waals surface area contributed by atoms with Crippen molar-refractivity contribution < 1.29 is 14.3 Å². The molecule has 0 aliphatic rings. The first kappa shape index (κ1) is 18.4.